The molecule has 2 rings (SSSR count). The first-order chi connectivity index (χ1) is 12.1. The second kappa shape index (κ2) is 9.44. The highest BCUT2D eigenvalue weighted by Crippen LogP contribution is 2.12. The van der Waals surface area contributed by atoms with Crippen LogP contribution in [0, 0.1) is 0 Å². The molecule has 0 radical (unpaired) electrons. The van der Waals surface area contributed by atoms with Crippen LogP contribution in [0.5, 0.6) is 5.75 Å². The number of carbonyl (C=O) groups excluding carboxylic acids is 2. The van der Waals surface area contributed by atoms with Crippen molar-refractivity contribution in [1.29, 1.82) is 0 Å². The summed E-state index contributed by atoms with van der Waals surface area (Å²) in [5.41, 5.74) is 7.43. The van der Waals surface area contributed by atoms with Crippen molar-refractivity contribution in [2.75, 3.05) is 20.2 Å². The predicted molar refractivity (Wildman–Crippen MR) is 96.6 cm³/mol. The highest BCUT2D eigenvalue weighted by atomic mass is 16.5. The molecule has 2 aromatic rings. The van der Waals surface area contributed by atoms with Crippen LogP contribution in [0.1, 0.15) is 32.7 Å². The summed E-state index contributed by atoms with van der Waals surface area (Å²) >= 11 is 0. The largest absolute Gasteiger partial charge is 0.497 e. The molecule has 0 aromatic heterocycles. The van der Waals surface area contributed by atoms with Crippen molar-refractivity contribution in [3.8, 4) is 5.75 Å². The summed E-state index contributed by atoms with van der Waals surface area (Å²) in [5, 5.41) is 5.65. The van der Waals surface area contributed by atoms with Crippen molar-refractivity contribution >= 4 is 11.8 Å². The minimum Gasteiger partial charge on any atom is -0.497 e. The van der Waals surface area contributed by atoms with Crippen LogP contribution in [-0.4, -0.2) is 32.0 Å². The van der Waals surface area contributed by atoms with Crippen molar-refractivity contribution in [3.63, 3.8) is 0 Å². The van der Waals surface area contributed by atoms with Gasteiger partial charge in [0.25, 0.3) is 11.8 Å². The van der Waals surface area contributed by atoms with Crippen LogP contribution in [0.25, 0.3) is 0 Å². The van der Waals surface area contributed by atoms with Gasteiger partial charge in [0.15, 0.2) is 0 Å². The van der Waals surface area contributed by atoms with E-state index in [-0.39, 0.29) is 11.8 Å². The summed E-state index contributed by atoms with van der Waals surface area (Å²) in [6.45, 7) is 1.49. The lowest BCUT2D eigenvalue weighted by atomic mass is 10.1. The summed E-state index contributed by atoms with van der Waals surface area (Å²) in [7, 11) is 1.56. The summed E-state index contributed by atoms with van der Waals surface area (Å²) in [6.07, 6.45) is 0.750. The molecular weight excluding hydrogens is 318 g/mol. The Balaban J connectivity index is 1.88. The lowest BCUT2D eigenvalue weighted by Crippen LogP contribution is -2.26. The number of benzene rings is 2. The van der Waals surface area contributed by atoms with Crippen LogP contribution < -0.4 is 21.1 Å². The van der Waals surface area contributed by atoms with E-state index in [0.29, 0.717) is 36.5 Å². The normalized spacial score (nSPS) is 10.2. The third-order valence-electron chi connectivity index (χ3n) is 3.67. The molecular formula is C19H23N3O3. The summed E-state index contributed by atoms with van der Waals surface area (Å²) in [6, 6.07) is 14.1. The van der Waals surface area contributed by atoms with Crippen molar-refractivity contribution in [2.24, 2.45) is 5.73 Å². The molecule has 2 amide bonds. The zero-order chi connectivity index (χ0) is 18.1. The number of carbonyl (C=O) groups is 2. The molecule has 0 aliphatic heterocycles. The first-order valence-corrected chi connectivity index (χ1v) is 8.13. The average Bonchev–Trinajstić information content (AvgIpc) is 2.66. The molecule has 0 heterocycles. The Bertz CT molecular complexity index is 714. The number of hydrogen-bond acceptors (Lipinski definition) is 4. The second-order valence-electron chi connectivity index (χ2n) is 5.51. The fraction of sp³-hybridized carbons (Fsp3) is 0.263. The summed E-state index contributed by atoms with van der Waals surface area (Å²) in [4.78, 5) is 24.1. The van der Waals surface area contributed by atoms with Gasteiger partial charge in [-0.15, -0.1) is 0 Å². The molecule has 4 N–H and O–H groups in total. The quantitative estimate of drug-likeness (QED) is 0.637. The van der Waals surface area contributed by atoms with Gasteiger partial charge in [-0.25, -0.2) is 0 Å². The second-order valence-corrected chi connectivity index (χ2v) is 5.51. The predicted octanol–water partition coefficient (Wildman–Crippen LogP) is 1.70. The molecule has 0 atom stereocenters. The van der Waals surface area contributed by atoms with E-state index in [9.17, 15) is 9.59 Å². The fourth-order valence-corrected chi connectivity index (χ4v) is 2.23. The van der Waals surface area contributed by atoms with Crippen LogP contribution in [0.4, 0.5) is 0 Å². The number of amides is 2. The van der Waals surface area contributed by atoms with Crippen LogP contribution in [0.15, 0.2) is 48.5 Å². The Morgan fingerprint density at radius 3 is 2.40 bits per heavy atom. The third kappa shape index (κ3) is 5.61. The van der Waals surface area contributed by atoms with Crippen molar-refractivity contribution in [3.05, 3.63) is 65.2 Å². The molecule has 0 saturated heterocycles. The molecule has 132 valence electrons. The monoisotopic (exact) mass is 341 g/mol. The first-order valence-electron chi connectivity index (χ1n) is 8.13. The zero-order valence-corrected chi connectivity index (χ0v) is 14.2. The number of methoxy groups -OCH3 is 1. The van der Waals surface area contributed by atoms with Gasteiger partial charge in [0.1, 0.15) is 5.75 Å². The van der Waals surface area contributed by atoms with Gasteiger partial charge in [0, 0.05) is 24.2 Å². The van der Waals surface area contributed by atoms with Crippen molar-refractivity contribution in [1.82, 2.24) is 10.6 Å². The van der Waals surface area contributed by atoms with Crippen LogP contribution in [0.2, 0.25) is 0 Å². The Kier molecular flexibility index (Phi) is 6.98. The van der Waals surface area contributed by atoms with Gasteiger partial charge in [0.2, 0.25) is 0 Å². The maximum Gasteiger partial charge on any atom is 0.251 e. The van der Waals surface area contributed by atoms with Gasteiger partial charge in [-0.1, -0.05) is 18.2 Å². The van der Waals surface area contributed by atoms with E-state index >= 15 is 0 Å². The summed E-state index contributed by atoms with van der Waals surface area (Å²) < 4.78 is 5.11. The lowest BCUT2D eigenvalue weighted by Gasteiger charge is -2.08. The van der Waals surface area contributed by atoms with E-state index < -0.39 is 0 Å². The fourth-order valence-electron chi connectivity index (χ4n) is 2.23. The van der Waals surface area contributed by atoms with Crippen molar-refractivity contribution < 1.29 is 14.3 Å². The Morgan fingerprint density at radius 1 is 1.00 bits per heavy atom. The van der Waals surface area contributed by atoms with Crippen LogP contribution in [0.3, 0.4) is 0 Å². The van der Waals surface area contributed by atoms with E-state index in [1.807, 2.05) is 12.1 Å². The summed E-state index contributed by atoms with van der Waals surface area (Å²) in [5.74, 6) is 0.334. The number of rotatable bonds is 8. The van der Waals surface area contributed by atoms with E-state index in [1.165, 1.54) is 0 Å². The van der Waals surface area contributed by atoms with Gasteiger partial charge in [-0.2, -0.15) is 0 Å². The van der Waals surface area contributed by atoms with Gasteiger partial charge in [-0.3, -0.25) is 9.59 Å². The third-order valence-corrected chi connectivity index (χ3v) is 3.67. The smallest absolute Gasteiger partial charge is 0.251 e. The molecule has 0 aliphatic rings. The molecule has 0 saturated carbocycles. The molecule has 6 heteroatoms. The standard InChI is InChI=1S/C19H23N3O3/c1-25-17-5-2-4-16(12-17)19(24)22-13-14-6-8-15(9-7-14)18(23)21-11-3-10-20/h2,4-9,12H,3,10-11,13,20H2,1H3,(H,21,23)(H,22,24). The first kappa shape index (κ1) is 18.5. The van der Waals surface area contributed by atoms with Gasteiger partial charge in [0.05, 0.1) is 7.11 Å². The van der Waals surface area contributed by atoms with Crippen molar-refractivity contribution in [2.45, 2.75) is 13.0 Å². The number of hydrogen-bond donors (Lipinski definition) is 3. The molecule has 2 aromatic carbocycles. The maximum atomic E-state index is 12.2. The van der Waals surface area contributed by atoms with E-state index in [1.54, 1.807) is 43.5 Å². The highest BCUT2D eigenvalue weighted by Gasteiger charge is 2.07. The number of nitrogens with one attached hydrogen (secondary N) is 2. The van der Waals surface area contributed by atoms with Crippen LogP contribution >= 0.6 is 0 Å². The molecule has 0 fully saturated rings. The van der Waals surface area contributed by atoms with E-state index in [4.69, 9.17) is 10.5 Å². The topological polar surface area (TPSA) is 93.4 Å². The van der Waals surface area contributed by atoms with Gasteiger partial charge >= 0.3 is 0 Å². The number of ether oxygens (including phenoxy) is 1. The minimum atomic E-state index is -0.178. The molecule has 0 spiro atoms. The number of nitrogens with two attached hydrogens (primary N) is 1. The Morgan fingerprint density at radius 2 is 1.72 bits per heavy atom. The lowest BCUT2D eigenvalue weighted by molar-refractivity contribution is 0.0942. The van der Waals surface area contributed by atoms with Gasteiger partial charge in [-0.05, 0) is 48.9 Å². The molecule has 0 bridgehead atoms. The highest BCUT2D eigenvalue weighted by molar-refractivity contribution is 5.95. The zero-order valence-electron chi connectivity index (χ0n) is 14.2. The molecule has 6 nitrogen and oxygen atoms in total. The Hall–Kier alpha value is -2.86. The molecule has 0 unspecified atom stereocenters. The Labute approximate surface area is 147 Å². The van der Waals surface area contributed by atoms with Crippen LogP contribution in [-0.2, 0) is 6.54 Å². The maximum absolute atomic E-state index is 12.2. The average molecular weight is 341 g/mol. The van der Waals surface area contributed by atoms with Gasteiger partial charge < -0.3 is 21.1 Å². The SMILES string of the molecule is COc1cccc(C(=O)NCc2ccc(C(=O)NCCCN)cc2)c1. The molecule has 25 heavy (non-hydrogen) atoms. The van der Waals surface area contributed by atoms with E-state index in [2.05, 4.69) is 10.6 Å². The molecule has 0 aliphatic carbocycles. The minimum absolute atomic E-state index is 0.125. The van der Waals surface area contributed by atoms with E-state index in [0.717, 1.165) is 12.0 Å².